The minimum atomic E-state index is -0.512. The lowest BCUT2D eigenvalue weighted by Crippen LogP contribution is -2.24. The van der Waals surface area contributed by atoms with Crippen LogP contribution in [0.3, 0.4) is 0 Å². The second-order valence-corrected chi connectivity index (χ2v) is 5.34. The molecule has 0 unspecified atom stereocenters. The van der Waals surface area contributed by atoms with Crippen molar-refractivity contribution in [1.82, 2.24) is 9.80 Å². The molecule has 1 aromatic rings. The van der Waals surface area contributed by atoms with Gasteiger partial charge in [0.1, 0.15) is 5.69 Å². The van der Waals surface area contributed by atoms with Crippen LogP contribution < -0.4 is 11.1 Å². The number of anilines is 2. The number of nitrogens with zero attached hydrogens (tertiary/aromatic N) is 3. The predicted octanol–water partition coefficient (Wildman–Crippen LogP) is 2.31. The van der Waals surface area contributed by atoms with Gasteiger partial charge in [0.05, 0.1) is 22.3 Å². The fourth-order valence-corrected chi connectivity index (χ4v) is 2.35. The van der Waals surface area contributed by atoms with E-state index in [0.717, 1.165) is 19.6 Å². The van der Waals surface area contributed by atoms with E-state index in [1.165, 1.54) is 12.1 Å². The van der Waals surface area contributed by atoms with Crippen molar-refractivity contribution in [2.24, 2.45) is 0 Å². The Balaban J connectivity index is 1.87. The van der Waals surface area contributed by atoms with Crippen molar-refractivity contribution in [2.75, 3.05) is 37.9 Å². The first-order valence-corrected chi connectivity index (χ1v) is 6.95. The lowest BCUT2D eigenvalue weighted by atomic mass is 10.2. The van der Waals surface area contributed by atoms with E-state index in [9.17, 15) is 10.1 Å². The maximum Gasteiger partial charge on any atom is 0.294 e. The molecule has 7 nitrogen and oxygen atoms in total. The van der Waals surface area contributed by atoms with Crippen molar-refractivity contribution in [3.05, 3.63) is 39.7 Å². The van der Waals surface area contributed by atoms with Crippen molar-refractivity contribution in [2.45, 2.75) is 6.42 Å². The SMILES string of the molecule is CN1C=CN(CCCNc2cc([N+](=O)[O-])c(N)cc2Cl)C1. The molecule has 0 fully saturated rings. The Morgan fingerprint density at radius 3 is 2.86 bits per heavy atom. The summed E-state index contributed by atoms with van der Waals surface area (Å²) >= 11 is 6.04. The molecule has 3 N–H and O–H groups in total. The number of nitrogen functional groups attached to an aromatic ring is 1. The van der Waals surface area contributed by atoms with E-state index < -0.39 is 4.92 Å². The van der Waals surface area contributed by atoms with E-state index in [0.29, 0.717) is 17.3 Å². The molecule has 2 rings (SSSR count). The normalized spacial score (nSPS) is 13.8. The Morgan fingerprint density at radius 2 is 2.24 bits per heavy atom. The van der Waals surface area contributed by atoms with Gasteiger partial charge in [0.2, 0.25) is 0 Å². The largest absolute Gasteiger partial charge is 0.393 e. The van der Waals surface area contributed by atoms with Crippen LogP contribution in [0, 0.1) is 10.1 Å². The summed E-state index contributed by atoms with van der Waals surface area (Å²) in [6, 6.07) is 2.78. The molecule has 114 valence electrons. The van der Waals surface area contributed by atoms with Crippen LogP contribution in [0.2, 0.25) is 5.02 Å². The van der Waals surface area contributed by atoms with Crippen LogP contribution in [-0.2, 0) is 0 Å². The van der Waals surface area contributed by atoms with Crippen molar-refractivity contribution in [1.29, 1.82) is 0 Å². The molecule has 0 saturated heterocycles. The van der Waals surface area contributed by atoms with Gasteiger partial charge in [-0.15, -0.1) is 0 Å². The molecule has 0 atom stereocenters. The van der Waals surface area contributed by atoms with Gasteiger partial charge in [-0.2, -0.15) is 0 Å². The van der Waals surface area contributed by atoms with Gasteiger partial charge in [-0.1, -0.05) is 11.6 Å². The summed E-state index contributed by atoms with van der Waals surface area (Å²) in [6.45, 7) is 2.46. The minimum absolute atomic E-state index is 0.0702. The number of rotatable bonds is 6. The summed E-state index contributed by atoms with van der Waals surface area (Å²) in [5.74, 6) is 0. The van der Waals surface area contributed by atoms with Crippen molar-refractivity contribution < 1.29 is 4.92 Å². The van der Waals surface area contributed by atoms with E-state index in [2.05, 4.69) is 15.1 Å². The molecule has 1 aliphatic rings. The Morgan fingerprint density at radius 1 is 1.48 bits per heavy atom. The third-order valence-electron chi connectivity index (χ3n) is 3.19. The van der Waals surface area contributed by atoms with Crippen molar-refractivity contribution in [3.63, 3.8) is 0 Å². The van der Waals surface area contributed by atoms with Crippen LogP contribution >= 0.6 is 11.6 Å². The maximum atomic E-state index is 10.9. The van der Waals surface area contributed by atoms with E-state index in [4.69, 9.17) is 17.3 Å². The predicted molar refractivity (Wildman–Crippen MR) is 84.1 cm³/mol. The molecule has 0 bridgehead atoms. The Labute approximate surface area is 128 Å². The maximum absolute atomic E-state index is 10.9. The molecule has 0 saturated carbocycles. The number of nitrogens with two attached hydrogens (primary N) is 1. The first-order valence-electron chi connectivity index (χ1n) is 6.57. The van der Waals surface area contributed by atoms with Gasteiger partial charge in [0.25, 0.3) is 5.69 Å². The number of benzene rings is 1. The van der Waals surface area contributed by atoms with Crippen LogP contribution in [0.15, 0.2) is 24.5 Å². The van der Waals surface area contributed by atoms with E-state index in [1.54, 1.807) is 0 Å². The smallest absolute Gasteiger partial charge is 0.294 e. The third-order valence-corrected chi connectivity index (χ3v) is 3.50. The fraction of sp³-hybridized carbons (Fsp3) is 0.385. The monoisotopic (exact) mass is 311 g/mol. The van der Waals surface area contributed by atoms with Gasteiger partial charge >= 0.3 is 0 Å². The molecule has 1 aromatic carbocycles. The first kappa shape index (κ1) is 15.2. The van der Waals surface area contributed by atoms with Crippen molar-refractivity contribution >= 4 is 28.7 Å². The Hall–Kier alpha value is -2.15. The number of nitro groups is 1. The zero-order valence-corrected chi connectivity index (χ0v) is 12.5. The lowest BCUT2D eigenvalue weighted by molar-refractivity contribution is -0.383. The number of nitro benzene ring substituents is 1. The summed E-state index contributed by atoms with van der Waals surface area (Å²) < 4.78 is 0. The first-order chi connectivity index (χ1) is 9.97. The van der Waals surface area contributed by atoms with Crippen LogP contribution in [0.1, 0.15) is 6.42 Å². The number of hydrogen-bond acceptors (Lipinski definition) is 6. The van der Waals surface area contributed by atoms with E-state index in [-0.39, 0.29) is 11.4 Å². The van der Waals surface area contributed by atoms with E-state index >= 15 is 0 Å². The standard InChI is InChI=1S/C13H18ClN5O2/c1-17-5-6-18(9-17)4-2-3-16-12-8-13(19(20)21)11(15)7-10(12)14/h5-8,16H,2-4,9,15H2,1H3. The molecule has 0 spiro atoms. The summed E-state index contributed by atoms with van der Waals surface area (Å²) in [7, 11) is 2.02. The van der Waals surface area contributed by atoms with Crippen molar-refractivity contribution in [3.8, 4) is 0 Å². The summed E-state index contributed by atoms with van der Waals surface area (Å²) in [4.78, 5) is 14.6. The van der Waals surface area contributed by atoms with Crippen LogP contribution in [0.4, 0.5) is 17.1 Å². The third kappa shape index (κ3) is 3.91. The average molecular weight is 312 g/mol. The second-order valence-electron chi connectivity index (χ2n) is 4.94. The van der Waals surface area contributed by atoms with Gasteiger partial charge in [-0.25, -0.2) is 0 Å². The Kier molecular flexibility index (Phi) is 4.74. The van der Waals surface area contributed by atoms with Gasteiger partial charge < -0.3 is 20.9 Å². The highest BCUT2D eigenvalue weighted by Gasteiger charge is 2.15. The minimum Gasteiger partial charge on any atom is -0.393 e. The summed E-state index contributed by atoms with van der Waals surface area (Å²) in [6.07, 6.45) is 4.96. The lowest BCUT2D eigenvalue weighted by Gasteiger charge is -2.18. The molecule has 0 amide bonds. The highest BCUT2D eigenvalue weighted by atomic mass is 35.5. The topological polar surface area (TPSA) is 87.7 Å². The second kappa shape index (κ2) is 6.53. The highest BCUT2D eigenvalue weighted by molar-refractivity contribution is 6.33. The Bertz CT molecular complexity index is 564. The molecule has 1 heterocycles. The zero-order chi connectivity index (χ0) is 15.4. The molecule has 0 aliphatic carbocycles. The molecule has 0 aromatic heterocycles. The highest BCUT2D eigenvalue weighted by Crippen LogP contribution is 2.32. The van der Waals surface area contributed by atoms with E-state index in [1.807, 2.05) is 19.4 Å². The number of halogens is 1. The summed E-state index contributed by atoms with van der Waals surface area (Å²) in [5, 5.41) is 14.4. The summed E-state index contributed by atoms with van der Waals surface area (Å²) in [5.41, 5.74) is 6.04. The fourth-order valence-electron chi connectivity index (χ4n) is 2.11. The quantitative estimate of drug-likeness (QED) is 0.363. The van der Waals surface area contributed by atoms with Gasteiger partial charge in [0, 0.05) is 38.6 Å². The molecule has 8 heteroatoms. The van der Waals surface area contributed by atoms with Crippen LogP contribution in [0.25, 0.3) is 0 Å². The van der Waals surface area contributed by atoms with Gasteiger partial charge in [-0.05, 0) is 12.5 Å². The molecular formula is C13H18ClN5O2. The molecular weight excluding hydrogens is 294 g/mol. The average Bonchev–Trinajstić information content (AvgIpc) is 2.82. The zero-order valence-electron chi connectivity index (χ0n) is 11.8. The number of nitrogens with one attached hydrogen (secondary N) is 1. The number of hydrogen-bond donors (Lipinski definition) is 2. The van der Waals surface area contributed by atoms with Crippen LogP contribution in [0.5, 0.6) is 0 Å². The molecule has 0 radical (unpaired) electrons. The van der Waals surface area contributed by atoms with Gasteiger partial charge in [-0.3, -0.25) is 10.1 Å². The molecule has 1 aliphatic heterocycles. The van der Waals surface area contributed by atoms with Crippen LogP contribution in [-0.4, -0.2) is 41.5 Å². The molecule has 21 heavy (non-hydrogen) atoms. The van der Waals surface area contributed by atoms with Gasteiger partial charge in [0.15, 0.2) is 0 Å².